The molecule has 0 radical (unpaired) electrons. The number of hydrogen-bond donors (Lipinski definition) is 2. The second-order valence-electron chi connectivity index (χ2n) is 7.33. The van der Waals surface area contributed by atoms with Crippen LogP contribution in [0.2, 0.25) is 0 Å². The van der Waals surface area contributed by atoms with E-state index in [0.717, 1.165) is 16.8 Å². The lowest BCUT2D eigenvalue weighted by atomic mass is 10.1. The minimum absolute atomic E-state index is 0.281. The molecule has 0 saturated carbocycles. The molecule has 31 heavy (non-hydrogen) atoms. The van der Waals surface area contributed by atoms with Crippen molar-refractivity contribution in [1.29, 1.82) is 0 Å². The average molecular weight is 426 g/mol. The molecule has 6 nitrogen and oxygen atoms in total. The van der Waals surface area contributed by atoms with Crippen molar-refractivity contribution in [2.45, 2.75) is 33.5 Å². The van der Waals surface area contributed by atoms with Crippen LogP contribution in [0.15, 0.2) is 42.5 Å². The number of nitrogens with zero attached hydrogens (tertiary/aromatic N) is 1. The number of rotatable bonds is 9. The van der Waals surface area contributed by atoms with E-state index in [1.807, 2.05) is 35.8 Å². The van der Waals surface area contributed by atoms with Crippen molar-refractivity contribution in [2.24, 2.45) is 0 Å². The van der Waals surface area contributed by atoms with Crippen molar-refractivity contribution in [3.63, 3.8) is 0 Å². The van der Waals surface area contributed by atoms with Gasteiger partial charge in [-0.3, -0.25) is 0 Å². The average Bonchev–Trinajstić information content (AvgIpc) is 2.98. The van der Waals surface area contributed by atoms with Gasteiger partial charge < -0.3 is 24.5 Å². The van der Waals surface area contributed by atoms with E-state index in [2.05, 4.69) is 5.32 Å². The highest BCUT2D eigenvalue weighted by Crippen LogP contribution is 2.26. The molecule has 0 fully saturated rings. The number of carbonyl (C=O) groups is 1. The molecule has 0 bridgehead atoms. The number of aromatic carboxylic acids is 1. The topological polar surface area (TPSA) is 72.7 Å². The first-order chi connectivity index (χ1) is 14.8. The minimum atomic E-state index is -0.975. The van der Waals surface area contributed by atoms with E-state index in [1.54, 1.807) is 27.2 Å². The molecule has 0 aliphatic carbocycles. The maximum Gasteiger partial charge on any atom is 0.337 e. The van der Waals surface area contributed by atoms with Crippen molar-refractivity contribution >= 4 is 5.97 Å². The zero-order valence-corrected chi connectivity index (χ0v) is 18.2. The zero-order chi connectivity index (χ0) is 22.5. The molecule has 0 aliphatic heterocycles. The van der Waals surface area contributed by atoms with Crippen LogP contribution in [0, 0.1) is 19.7 Å². The van der Waals surface area contributed by atoms with Crippen molar-refractivity contribution < 1.29 is 23.8 Å². The van der Waals surface area contributed by atoms with Crippen molar-refractivity contribution in [3.05, 3.63) is 81.9 Å². The van der Waals surface area contributed by atoms with Gasteiger partial charge >= 0.3 is 5.97 Å². The summed E-state index contributed by atoms with van der Waals surface area (Å²) in [4.78, 5) is 12.0. The molecular weight excluding hydrogens is 399 g/mol. The van der Waals surface area contributed by atoms with Crippen LogP contribution in [-0.4, -0.2) is 29.9 Å². The molecule has 3 rings (SSSR count). The molecule has 0 spiro atoms. The summed E-state index contributed by atoms with van der Waals surface area (Å²) in [6, 6.07) is 11.9. The van der Waals surface area contributed by atoms with Crippen molar-refractivity contribution in [3.8, 4) is 11.5 Å². The Morgan fingerprint density at radius 1 is 1.06 bits per heavy atom. The molecular formula is C24H27FN2O4. The van der Waals surface area contributed by atoms with Crippen LogP contribution in [0.3, 0.4) is 0 Å². The molecule has 1 aromatic heterocycles. The monoisotopic (exact) mass is 426 g/mol. The highest BCUT2D eigenvalue weighted by molar-refractivity contribution is 5.91. The summed E-state index contributed by atoms with van der Waals surface area (Å²) in [6.45, 7) is 4.96. The standard InChI is InChI=1S/C24H27FN2O4/c1-15-21(13-26-12-18-8-9-20(30-3)11-22(18)31-4)23(24(28)29)16(2)27(15)14-17-6-5-7-19(25)10-17/h5-11,26H,12-14H2,1-4H3,(H,28,29). The number of carboxylic acid groups (broad SMARTS) is 1. The van der Waals surface area contributed by atoms with E-state index in [-0.39, 0.29) is 11.4 Å². The maximum atomic E-state index is 13.6. The molecule has 2 N–H and O–H groups in total. The van der Waals surface area contributed by atoms with Gasteiger partial charge in [0.15, 0.2) is 0 Å². The smallest absolute Gasteiger partial charge is 0.337 e. The lowest BCUT2D eigenvalue weighted by Crippen LogP contribution is -2.16. The first-order valence-corrected chi connectivity index (χ1v) is 9.93. The Morgan fingerprint density at radius 3 is 2.48 bits per heavy atom. The fraction of sp³-hybridized carbons (Fsp3) is 0.292. The van der Waals surface area contributed by atoms with Crippen LogP contribution >= 0.6 is 0 Å². The third-order valence-corrected chi connectivity index (χ3v) is 5.47. The zero-order valence-electron chi connectivity index (χ0n) is 18.2. The fourth-order valence-electron chi connectivity index (χ4n) is 3.82. The van der Waals surface area contributed by atoms with Crippen molar-refractivity contribution in [1.82, 2.24) is 9.88 Å². The molecule has 0 amide bonds. The minimum Gasteiger partial charge on any atom is -0.497 e. The van der Waals surface area contributed by atoms with Crippen LogP contribution in [0.1, 0.15) is 38.4 Å². The Hall–Kier alpha value is -3.32. The molecule has 1 heterocycles. The lowest BCUT2D eigenvalue weighted by Gasteiger charge is -2.12. The number of aromatic nitrogens is 1. The summed E-state index contributed by atoms with van der Waals surface area (Å²) in [5, 5.41) is 13.1. The van der Waals surface area contributed by atoms with E-state index < -0.39 is 5.97 Å². The molecule has 164 valence electrons. The van der Waals surface area contributed by atoms with Gasteiger partial charge in [0.1, 0.15) is 17.3 Å². The number of methoxy groups -OCH3 is 2. The number of benzene rings is 2. The summed E-state index contributed by atoms with van der Waals surface area (Å²) in [7, 11) is 3.20. The van der Waals surface area contributed by atoms with Crippen LogP contribution in [0.5, 0.6) is 11.5 Å². The van der Waals surface area contributed by atoms with Crippen LogP contribution in [0.25, 0.3) is 0 Å². The number of halogens is 1. The molecule has 0 unspecified atom stereocenters. The van der Waals surface area contributed by atoms with Crippen LogP contribution in [-0.2, 0) is 19.6 Å². The Kier molecular flexibility index (Phi) is 6.97. The fourth-order valence-corrected chi connectivity index (χ4v) is 3.82. The van der Waals surface area contributed by atoms with E-state index in [0.29, 0.717) is 42.4 Å². The second-order valence-corrected chi connectivity index (χ2v) is 7.33. The molecule has 0 atom stereocenters. The lowest BCUT2D eigenvalue weighted by molar-refractivity contribution is 0.0694. The third-order valence-electron chi connectivity index (χ3n) is 5.47. The number of carboxylic acids is 1. The second kappa shape index (κ2) is 9.66. The SMILES string of the molecule is COc1ccc(CNCc2c(C(=O)O)c(C)n(Cc3cccc(F)c3)c2C)c(OC)c1. The predicted molar refractivity (Wildman–Crippen MR) is 116 cm³/mol. The summed E-state index contributed by atoms with van der Waals surface area (Å²) >= 11 is 0. The number of nitrogens with one attached hydrogen (secondary N) is 1. The van der Waals surface area contributed by atoms with E-state index in [4.69, 9.17) is 9.47 Å². The summed E-state index contributed by atoms with van der Waals surface area (Å²) in [5.41, 5.74) is 4.20. The Bertz CT molecular complexity index is 1090. The molecule has 0 aliphatic rings. The van der Waals surface area contributed by atoms with Gasteiger partial charge in [0.25, 0.3) is 0 Å². The van der Waals surface area contributed by atoms with Gasteiger partial charge in [0.05, 0.1) is 19.8 Å². The predicted octanol–water partition coefficient (Wildman–Crippen LogP) is 4.30. The van der Waals surface area contributed by atoms with Gasteiger partial charge in [-0.1, -0.05) is 18.2 Å². The molecule has 0 saturated heterocycles. The molecule has 7 heteroatoms. The van der Waals surface area contributed by atoms with Gasteiger partial charge in [0.2, 0.25) is 0 Å². The highest BCUT2D eigenvalue weighted by Gasteiger charge is 2.22. The molecule has 3 aromatic rings. The van der Waals surface area contributed by atoms with E-state index in [9.17, 15) is 14.3 Å². The quantitative estimate of drug-likeness (QED) is 0.534. The summed E-state index contributed by atoms with van der Waals surface area (Å²) in [5.74, 6) is 0.114. The summed E-state index contributed by atoms with van der Waals surface area (Å²) < 4.78 is 26.2. The molecule has 2 aromatic carbocycles. The van der Waals surface area contributed by atoms with Gasteiger partial charge in [-0.05, 0) is 37.6 Å². The van der Waals surface area contributed by atoms with Gasteiger partial charge in [-0.15, -0.1) is 0 Å². The Labute approximate surface area is 181 Å². The highest BCUT2D eigenvalue weighted by atomic mass is 19.1. The number of hydrogen-bond acceptors (Lipinski definition) is 4. The first kappa shape index (κ1) is 22.4. The van der Waals surface area contributed by atoms with Gasteiger partial charge in [-0.25, -0.2) is 9.18 Å². The number of ether oxygens (including phenoxy) is 2. The van der Waals surface area contributed by atoms with E-state index in [1.165, 1.54) is 12.1 Å². The van der Waals surface area contributed by atoms with Gasteiger partial charge in [-0.2, -0.15) is 0 Å². The van der Waals surface area contributed by atoms with Crippen LogP contribution < -0.4 is 14.8 Å². The maximum absolute atomic E-state index is 13.6. The van der Waals surface area contributed by atoms with Crippen LogP contribution in [0.4, 0.5) is 4.39 Å². The first-order valence-electron chi connectivity index (χ1n) is 9.93. The van der Waals surface area contributed by atoms with Gasteiger partial charge in [0, 0.05) is 48.2 Å². The Morgan fingerprint density at radius 2 is 1.84 bits per heavy atom. The summed E-state index contributed by atoms with van der Waals surface area (Å²) in [6.07, 6.45) is 0. The Balaban J connectivity index is 1.83. The normalized spacial score (nSPS) is 10.9. The largest absolute Gasteiger partial charge is 0.497 e. The van der Waals surface area contributed by atoms with E-state index >= 15 is 0 Å². The third kappa shape index (κ3) is 4.88. The van der Waals surface area contributed by atoms with Crippen molar-refractivity contribution in [2.75, 3.05) is 14.2 Å².